The number of carbonyl (C=O) groups excluding carboxylic acids is 1. The summed E-state index contributed by atoms with van der Waals surface area (Å²) < 4.78 is 2.04. The number of anilines is 3. The van der Waals surface area contributed by atoms with Gasteiger partial charge < -0.3 is 15.2 Å². The number of hydrogen-bond acceptors (Lipinski definition) is 5. The fraction of sp³-hybridized carbons (Fsp3) is 0.250. The molecule has 132 valence electrons. The molecule has 0 atom stereocenters. The Kier molecular flexibility index (Phi) is 4.16. The van der Waals surface area contributed by atoms with Crippen LogP contribution in [-0.2, 0) is 0 Å². The normalized spacial score (nSPS) is 13.4. The van der Waals surface area contributed by atoms with Gasteiger partial charge in [-0.25, -0.2) is 0 Å². The Hall–Kier alpha value is -3.15. The second-order valence-electron chi connectivity index (χ2n) is 6.69. The summed E-state index contributed by atoms with van der Waals surface area (Å²) in [7, 11) is 0. The molecule has 6 nitrogen and oxygen atoms in total. The minimum absolute atomic E-state index is 0.164. The van der Waals surface area contributed by atoms with Crippen molar-refractivity contribution in [2.24, 2.45) is 0 Å². The average Bonchev–Trinajstić information content (AvgIpc) is 3.12. The summed E-state index contributed by atoms with van der Waals surface area (Å²) in [5.41, 5.74) is 4.33. The molecular weight excluding hydrogens is 326 g/mol. The SMILES string of the molecule is CC(C)n1cnnc1-c1cccc(Nc2cccc3c2C(=O)CCN3)c1. The Morgan fingerprint density at radius 2 is 2.04 bits per heavy atom. The van der Waals surface area contributed by atoms with Gasteiger partial charge >= 0.3 is 0 Å². The second-order valence-corrected chi connectivity index (χ2v) is 6.69. The zero-order valence-electron chi connectivity index (χ0n) is 14.9. The van der Waals surface area contributed by atoms with E-state index in [9.17, 15) is 4.79 Å². The van der Waals surface area contributed by atoms with Gasteiger partial charge in [-0.2, -0.15) is 0 Å². The average molecular weight is 347 g/mol. The van der Waals surface area contributed by atoms with Crippen molar-refractivity contribution in [2.45, 2.75) is 26.3 Å². The first-order valence-electron chi connectivity index (χ1n) is 8.80. The van der Waals surface area contributed by atoms with E-state index in [-0.39, 0.29) is 11.8 Å². The minimum Gasteiger partial charge on any atom is -0.384 e. The highest BCUT2D eigenvalue weighted by molar-refractivity contribution is 6.08. The largest absolute Gasteiger partial charge is 0.384 e. The molecule has 2 aromatic carbocycles. The highest BCUT2D eigenvalue weighted by Gasteiger charge is 2.20. The number of benzene rings is 2. The number of nitrogens with one attached hydrogen (secondary N) is 2. The first-order chi connectivity index (χ1) is 12.6. The van der Waals surface area contributed by atoms with Crippen LogP contribution in [0.3, 0.4) is 0 Å². The third-order valence-electron chi connectivity index (χ3n) is 4.54. The molecule has 0 unspecified atom stereocenters. The maximum atomic E-state index is 12.4. The van der Waals surface area contributed by atoms with Gasteiger partial charge in [-0.15, -0.1) is 10.2 Å². The van der Waals surface area contributed by atoms with E-state index in [1.165, 1.54) is 0 Å². The zero-order valence-corrected chi connectivity index (χ0v) is 14.9. The van der Waals surface area contributed by atoms with Gasteiger partial charge in [-0.05, 0) is 38.1 Å². The van der Waals surface area contributed by atoms with Crippen molar-refractivity contribution in [3.63, 3.8) is 0 Å². The predicted molar refractivity (Wildman–Crippen MR) is 103 cm³/mol. The number of nitrogens with zero attached hydrogens (tertiary/aromatic N) is 3. The molecule has 0 fully saturated rings. The lowest BCUT2D eigenvalue weighted by atomic mass is 10.00. The predicted octanol–water partition coefficient (Wildman–Crippen LogP) is 4.27. The summed E-state index contributed by atoms with van der Waals surface area (Å²) >= 11 is 0. The lowest BCUT2D eigenvalue weighted by molar-refractivity contribution is 0.0984. The van der Waals surface area contributed by atoms with Gasteiger partial charge in [0, 0.05) is 35.9 Å². The minimum atomic E-state index is 0.164. The van der Waals surface area contributed by atoms with E-state index in [4.69, 9.17) is 0 Å². The zero-order chi connectivity index (χ0) is 18.1. The van der Waals surface area contributed by atoms with Crippen molar-refractivity contribution < 1.29 is 4.79 Å². The van der Waals surface area contributed by atoms with Crippen molar-refractivity contribution in [1.29, 1.82) is 0 Å². The summed E-state index contributed by atoms with van der Waals surface area (Å²) in [4.78, 5) is 12.4. The molecule has 0 saturated carbocycles. The van der Waals surface area contributed by atoms with Gasteiger partial charge in [0.05, 0.1) is 11.3 Å². The quantitative estimate of drug-likeness (QED) is 0.737. The van der Waals surface area contributed by atoms with Gasteiger partial charge in [0.1, 0.15) is 6.33 Å². The first-order valence-corrected chi connectivity index (χ1v) is 8.80. The number of fused-ring (bicyclic) bond motifs is 1. The number of carbonyl (C=O) groups is 1. The fourth-order valence-electron chi connectivity index (χ4n) is 3.26. The summed E-state index contributed by atoms with van der Waals surface area (Å²) in [6.07, 6.45) is 2.27. The molecule has 1 aromatic heterocycles. The molecule has 0 bridgehead atoms. The standard InChI is InChI=1S/C20H21N5O/c1-13(2)25-12-22-24-20(25)14-5-3-6-15(11-14)23-17-8-4-7-16-19(17)18(26)9-10-21-16/h3-8,11-13,21,23H,9-10H2,1-2H3. The van der Waals surface area contributed by atoms with Crippen LogP contribution in [0, 0.1) is 0 Å². The molecule has 0 saturated heterocycles. The van der Waals surface area contributed by atoms with E-state index in [0.29, 0.717) is 13.0 Å². The molecule has 1 aliphatic rings. The Morgan fingerprint density at radius 3 is 2.88 bits per heavy atom. The van der Waals surface area contributed by atoms with Crippen LogP contribution < -0.4 is 10.6 Å². The highest BCUT2D eigenvalue weighted by Crippen LogP contribution is 2.32. The topological polar surface area (TPSA) is 71.8 Å². The molecule has 4 rings (SSSR count). The van der Waals surface area contributed by atoms with Crippen LogP contribution in [0.2, 0.25) is 0 Å². The van der Waals surface area contributed by atoms with Gasteiger partial charge in [-0.3, -0.25) is 4.79 Å². The molecule has 1 aliphatic heterocycles. The number of aromatic nitrogens is 3. The Balaban J connectivity index is 1.69. The Bertz CT molecular complexity index is 960. The highest BCUT2D eigenvalue weighted by atomic mass is 16.1. The smallest absolute Gasteiger partial charge is 0.168 e. The number of hydrogen-bond donors (Lipinski definition) is 2. The monoisotopic (exact) mass is 347 g/mol. The van der Waals surface area contributed by atoms with Gasteiger partial charge in [0.25, 0.3) is 0 Å². The molecule has 3 aromatic rings. The molecule has 2 heterocycles. The number of Topliss-reactive ketones (excluding diaryl/α,β-unsaturated/α-hetero) is 1. The van der Waals surface area contributed by atoms with Crippen molar-refractivity contribution in [3.05, 3.63) is 54.4 Å². The van der Waals surface area contributed by atoms with Crippen LogP contribution in [0.25, 0.3) is 11.4 Å². The maximum absolute atomic E-state index is 12.4. The summed E-state index contributed by atoms with van der Waals surface area (Å²) in [5.74, 6) is 0.994. The van der Waals surface area contributed by atoms with E-state index in [2.05, 4.69) is 34.7 Å². The maximum Gasteiger partial charge on any atom is 0.168 e. The van der Waals surface area contributed by atoms with Gasteiger partial charge in [-0.1, -0.05) is 18.2 Å². The van der Waals surface area contributed by atoms with Gasteiger partial charge in [0.2, 0.25) is 0 Å². The van der Waals surface area contributed by atoms with Crippen LogP contribution >= 0.6 is 0 Å². The Labute approximate surface area is 152 Å². The first kappa shape index (κ1) is 16.3. The molecule has 0 aliphatic carbocycles. The van der Waals surface area contributed by atoms with Crippen LogP contribution in [0.5, 0.6) is 0 Å². The number of ketones is 1. The van der Waals surface area contributed by atoms with Crippen LogP contribution in [0.15, 0.2) is 48.8 Å². The van der Waals surface area contributed by atoms with Crippen LogP contribution in [0.1, 0.15) is 36.7 Å². The molecule has 0 amide bonds. The summed E-state index contributed by atoms with van der Waals surface area (Å²) in [6, 6.07) is 14.1. The van der Waals surface area contributed by atoms with E-state index in [1.54, 1.807) is 6.33 Å². The summed E-state index contributed by atoms with van der Waals surface area (Å²) in [5, 5.41) is 15.0. The second kappa shape index (κ2) is 6.63. The van der Waals surface area contributed by atoms with E-state index >= 15 is 0 Å². The summed E-state index contributed by atoms with van der Waals surface area (Å²) in [6.45, 7) is 4.89. The number of rotatable bonds is 4. The molecule has 26 heavy (non-hydrogen) atoms. The lowest BCUT2D eigenvalue weighted by Crippen LogP contribution is -2.19. The third-order valence-corrected chi connectivity index (χ3v) is 4.54. The van der Waals surface area contributed by atoms with Crippen molar-refractivity contribution in [1.82, 2.24) is 14.8 Å². The molecule has 2 N–H and O–H groups in total. The molecule has 0 spiro atoms. The van der Waals surface area contributed by atoms with Gasteiger partial charge in [0.15, 0.2) is 11.6 Å². The Morgan fingerprint density at radius 1 is 1.19 bits per heavy atom. The van der Waals surface area contributed by atoms with E-state index in [1.807, 2.05) is 47.0 Å². The van der Waals surface area contributed by atoms with Crippen molar-refractivity contribution >= 4 is 22.8 Å². The van der Waals surface area contributed by atoms with E-state index in [0.717, 1.165) is 34.0 Å². The molecular formula is C20H21N5O. The van der Waals surface area contributed by atoms with E-state index < -0.39 is 0 Å². The van der Waals surface area contributed by atoms with Crippen molar-refractivity contribution in [2.75, 3.05) is 17.2 Å². The van der Waals surface area contributed by atoms with Crippen LogP contribution in [0.4, 0.5) is 17.1 Å². The van der Waals surface area contributed by atoms with Crippen LogP contribution in [-0.4, -0.2) is 27.1 Å². The third kappa shape index (κ3) is 2.94. The molecule has 0 radical (unpaired) electrons. The lowest BCUT2D eigenvalue weighted by Gasteiger charge is -2.20. The molecule has 6 heteroatoms. The van der Waals surface area contributed by atoms with Crippen molar-refractivity contribution in [3.8, 4) is 11.4 Å². The fourth-order valence-corrected chi connectivity index (χ4v) is 3.26.